The van der Waals surface area contributed by atoms with Gasteiger partial charge in [0.1, 0.15) is 6.07 Å². The van der Waals surface area contributed by atoms with Crippen LogP contribution in [0.1, 0.15) is 24.1 Å². The zero-order valence-corrected chi connectivity index (χ0v) is 10.3. The van der Waals surface area contributed by atoms with E-state index in [-0.39, 0.29) is 6.04 Å². The third kappa shape index (κ3) is 2.58. The van der Waals surface area contributed by atoms with E-state index in [9.17, 15) is 0 Å². The molecule has 0 spiro atoms. The van der Waals surface area contributed by atoms with E-state index in [1.807, 2.05) is 6.07 Å². The molecule has 1 unspecified atom stereocenters. The summed E-state index contributed by atoms with van der Waals surface area (Å²) >= 11 is 1.68. The van der Waals surface area contributed by atoms with Gasteiger partial charge in [-0.1, -0.05) is 0 Å². The summed E-state index contributed by atoms with van der Waals surface area (Å²) in [5.41, 5.74) is 8.85. The summed E-state index contributed by atoms with van der Waals surface area (Å²) in [5.74, 6) is 0. The second-order valence-electron chi connectivity index (χ2n) is 3.84. The summed E-state index contributed by atoms with van der Waals surface area (Å²) in [6.45, 7) is 2.09. The average Bonchev–Trinajstić information content (AvgIpc) is 2.85. The first-order valence-corrected chi connectivity index (χ1v) is 6.23. The van der Waals surface area contributed by atoms with Crippen LogP contribution in [0.15, 0.2) is 35.0 Å². The molecule has 0 aliphatic carbocycles. The van der Waals surface area contributed by atoms with Gasteiger partial charge in [0.25, 0.3) is 0 Å². The van der Waals surface area contributed by atoms with Crippen LogP contribution in [0, 0.1) is 11.3 Å². The second-order valence-corrected chi connectivity index (χ2v) is 4.62. The Morgan fingerprint density at radius 1 is 1.41 bits per heavy atom. The van der Waals surface area contributed by atoms with Crippen LogP contribution >= 0.6 is 11.3 Å². The molecule has 0 bridgehead atoms. The van der Waals surface area contributed by atoms with E-state index in [1.165, 1.54) is 5.56 Å². The SMILES string of the molecule is CC(Nc1ccc(N)c(C#N)c1)c1ccsc1. The first kappa shape index (κ1) is 11.5. The number of rotatable bonds is 3. The van der Waals surface area contributed by atoms with E-state index in [0.29, 0.717) is 11.3 Å². The van der Waals surface area contributed by atoms with Gasteiger partial charge in [-0.25, -0.2) is 0 Å². The Balaban J connectivity index is 2.17. The highest BCUT2D eigenvalue weighted by Crippen LogP contribution is 2.23. The number of nitrogens with zero attached hydrogens (tertiary/aromatic N) is 1. The zero-order chi connectivity index (χ0) is 12.3. The smallest absolute Gasteiger partial charge is 0.101 e. The van der Waals surface area contributed by atoms with Crippen molar-refractivity contribution in [2.75, 3.05) is 11.1 Å². The van der Waals surface area contributed by atoms with E-state index < -0.39 is 0 Å². The van der Waals surface area contributed by atoms with Crippen molar-refractivity contribution in [3.63, 3.8) is 0 Å². The Kier molecular flexibility index (Phi) is 3.31. The predicted molar refractivity (Wildman–Crippen MR) is 71.9 cm³/mol. The molecule has 1 aromatic carbocycles. The lowest BCUT2D eigenvalue weighted by Crippen LogP contribution is -2.05. The first-order valence-electron chi connectivity index (χ1n) is 5.29. The molecule has 0 aliphatic rings. The maximum Gasteiger partial charge on any atom is 0.101 e. The lowest BCUT2D eigenvalue weighted by Gasteiger charge is -2.14. The number of anilines is 2. The third-order valence-electron chi connectivity index (χ3n) is 2.60. The fourth-order valence-corrected chi connectivity index (χ4v) is 2.35. The molecule has 0 radical (unpaired) electrons. The Morgan fingerprint density at radius 2 is 2.24 bits per heavy atom. The van der Waals surface area contributed by atoms with E-state index >= 15 is 0 Å². The molecule has 0 aliphatic heterocycles. The number of nitriles is 1. The van der Waals surface area contributed by atoms with Gasteiger partial charge < -0.3 is 11.1 Å². The quantitative estimate of drug-likeness (QED) is 0.812. The fourth-order valence-electron chi connectivity index (χ4n) is 1.60. The van der Waals surface area contributed by atoms with E-state index in [0.717, 1.165) is 5.69 Å². The molecule has 2 aromatic rings. The molecule has 0 amide bonds. The lowest BCUT2D eigenvalue weighted by molar-refractivity contribution is 0.890. The van der Waals surface area contributed by atoms with Crippen LogP contribution < -0.4 is 11.1 Å². The molecule has 4 heteroatoms. The Morgan fingerprint density at radius 3 is 2.88 bits per heavy atom. The van der Waals surface area contributed by atoms with Crippen molar-refractivity contribution in [3.05, 3.63) is 46.2 Å². The molecule has 3 N–H and O–H groups in total. The van der Waals surface area contributed by atoms with Crippen LogP contribution in [0.25, 0.3) is 0 Å². The number of benzene rings is 1. The van der Waals surface area contributed by atoms with Crippen molar-refractivity contribution in [1.82, 2.24) is 0 Å². The van der Waals surface area contributed by atoms with Crippen LogP contribution in [-0.4, -0.2) is 0 Å². The number of nitrogens with one attached hydrogen (secondary N) is 1. The van der Waals surface area contributed by atoms with Crippen molar-refractivity contribution >= 4 is 22.7 Å². The van der Waals surface area contributed by atoms with Crippen molar-refractivity contribution in [2.24, 2.45) is 0 Å². The van der Waals surface area contributed by atoms with Gasteiger partial charge in [0, 0.05) is 17.4 Å². The van der Waals surface area contributed by atoms with Crippen molar-refractivity contribution < 1.29 is 0 Å². The Hall–Kier alpha value is -1.99. The minimum Gasteiger partial charge on any atom is -0.398 e. The van der Waals surface area contributed by atoms with Gasteiger partial charge in [-0.2, -0.15) is 16.6 Å². The molecule has 0 saturated heterocycles. The summed E-state index contributed by atoms with van der Waals surface area (Å²) < 4.78 is 0. The number of thiophene rings is 1. The zero-order valence-electron chi connectivity index (χ0n) is 9.47. The maximum atomic E-state index is 8.90. The number of hydrogen-bond acceptors (Lipinski definition) is 4. The summed E-state index contributed by atoms with van der Waals surface area (Å²) in [7, 11) is 0. The molecular formula is C13H13N3S. The molecule has 17 heavy (non-hydrogen) atoms. The molecule has 1 atom stereocenters. The van der Waals surface area contributed by atoms with Crippen LogP contribution in [0.3, 0.4) is 0 Å². The third-order valence-corrected chi connectivity index (χ3v) is 3.30. The average molecular weight is 243 g/mol. The van der Waals surface area contributed by atoms with Crippen LogP contribution in [0.2, 0.25) is 0 Å². The summed E-state index contributed by atoms with van der Waals surface area (Å²) in [6.07, 6.45) is 0. The van der Waals surface area contributed by atoms with Crippen LogP contribution in [-0.2, 0) is 0 Å². The van der Waals surface area contributed by atoms with E-state index in [4.69, 9.17) is 11.0 Å². The standard InChI is InChI=1S/C13H13N3S/c1-9(10-4-5-17-8-10)16-12-2-3-13(15)11(6-12)7-14/h2-6,8-9,16H,15H2,1H3. The van der Waals surface area contributed by atoms with Crippen molar-refractivity contribution in [2.45, 2.75) is 13.0 Å². The predicted octanol–water partition coefficient (Wildman–Crippen LogP) is 3.38. The Labute approximate surface area is 105 Å². The van der Waals surface area contributed by atoms with Crippen molar-refractivity contribution in [3.8, 4) is 6.07 Å². The lowest BCUT2D eigenvalue weighted by atomic mass is 10.1. The van der Waals surface area contributed by atoms with Gasteiger partial charge in [-0.05, 0) is 47.5 Å². The highest BCUT2D eigenvalue weighted by atomic mass is 32.1. The van der Waals surface area contributed by atoms with Gasteiger partial charge in [0.05, 0.1) is 5.56 Å². The van der Waals surface area contributed by atoms with Gasteiger partial charge in [-0.3, -0.25) is 0 Å². The van der Waals surface area contributed by atoms with Crippen molar-refractivity contribution in [1.29, 1.82) is 5.26 Å². The number of nitrogens with two attached hydrogens (primary N) is 1. The number of hydrogen-bond donors (Lipinski definition) is 2. The van der Waals surface area contributed by atoms with Gasteiger partial charge in [0.2, 0.25) is 0 Å². The van der Waals surface area contributed by atoms with Gasteiger partial charge >= 0.3 is 0 Å². The van der Waals surface area contributed by atoms with Crippen LogP contribution in [0.4, 0.5) is 11.4 Å². The second kappa shape index (κ2) is 4.89. The van der Waals surface area contributed by atoms with Gasteiger partial charge in [0.15, 0.2) is 0 Å². The molecule has 1 aromatic heterocycles. The molecule has 1 heterocycles. The molecule has 2 rings (SSSR count). The normalized spacial score (nSPS) is 11.8. The monoisotopic (exact) mass is 243 g/mol. The first-order chi connectivity index (χ1) is 8.20. The highest BCUT2D eigenvalue weighted by Gasteiger charge is 2.06. The fraction of sp³-hybridized carbons (Fsp3) is 0.154. The molecule has 86 valence electrons. The Bertz CT molecular complexity index is 540. The van der Waals surface area contributed by atoms with Gasteiger partial charge in [-0.15, -0.1) is 0 Å². The van der Waals surface area contributed by atoms with E-state index in [2.05, 4.69) is 35.1 Å². The summed E-state index contributed by atoms with van der Waals surface area (Å²) in [4.78, 5) is 0. The molecule has 0 saturated carbocycles. The summed E-state index contributed by atoms with van der Waals surface area (Å²) in [6, 6.07) is 9.80. The molecule has 3 nitrogen and oxygen atoms in total. The highest BCUT2D eigenvalue weighted by molar-refractivity contribution is 7.07. The minimum absolute atomic E-state index is 0.219. The maximum absolute atomic E-state index is 8.90. The summed E-state index contributed by atoms with van der Waals surface area (Å²) in [5, 5.41) is 16.4. The largest absolute Gasteiger partial charge is 0.398 e. The molecule has 0 fully saturated rings. The van der Waals surface area contributed by atoms with E-state index in [1.54, 1.807) is 23.5 Å². The topological polar surface area (TPSA) is 61.8 Å². The minimum atomic E-state index is 0.219. The van der Waals surface area contributed by atoms with Crippen LogP contribution in [0.5, 0.6) is 0 Å². The molecular weight excluding hydrogens is 230 g/mol. The number of nitrogen functional groups attached to an aromatic ring is 1.